The third-order valence-electron chi connectivity index (χ3n) is 4.78. The van der Waals surface area contributed by atoms with E-state index in [1.807, 2.05) is 6.07 Å². The molecule has 0 radical (unpaired) electrons. The molecule has 0 spiro atoms. The Morgan fingerprint density at radius 2 is 1.45 bits per heavy atom. The highest BCUT2D eigenvalue weighted by atomic mass is 16.5. The van der Waals surface area contributed by atoms with Gasteiger partial charge in [0, 0.05) is 19.0 Å². The van der Waals surface area contributed by atoms with Crippen LogP contribution in [-0.2, 0) is 27.3 Å². The lowest BCUT2D eigenvalue weighted by Crippen LogP contribution is -2.36. The number of amides is 1. The van der Waals surface area contributed by atoms with Crippen LogP contribution in [-0.4, -0.2) is 58.9 Å². The first-order chi connectivity index (χ1) is 14.9. The number of carbonyl (C=O) groups is 2. The molecule has 0 saturated heterocycles. The average Bonchev–Trinajstić information content (AvgIpc) is 2.81. The lowest BCUT2D eigenvalue weighted by atomic mass is 10.1. The molecule has 0 heterocycles. The maximum atomic E-state index is 13.0. The van der Waals surface area contributed by atoms with Crippen molar-refractivity contribution in [2.45, 2.75) is 19.4 Å². The first kappa shape index (κ1) is 23.9. The summed E-state index contributed by atoms with van der Waals surface area (Å²) in [4.78, 5) is 26.4. The van der Waals surface area contributed by atoms with Crippen LogP contribution < -0.4 is 18.9 Å². The summed E-state index contributed by atoms with van der Waals surface area (Å²) < 4.78 is 26.0. The lowest BCUT2D eigenvalue weighted by Gasteiger charge is -2.22. The minimum atomic E-state index is -0.498. The maximum Gasteiger partial charge on any atom is 0.325 e. The van der Waals surface area contributed by atoms with Crippen molar-refractivity contribution in [3.8, 4) is 23.0 Å². The van der Waals surface area contributed by atoms with E-state index in [-0.39, 0.29) is 25.4 Å². The molecule has 0 aliphatic heterocycles. The number of hydrogen-bond acceptors (Lipinski definition) is 7. The van der Waals surface area contributed by atoms with Gasteiger partial charge in [-0.25, -0.2) is 0 Å². The number of nitrogens with zero attached hydrogens (tertiary/aromatic N) is 1. The monoisotopic (exact) mass is 431 g/mol. The second-order valence-corrected chi connectivity index (χ2v) is 6.72. The van der Waals surface area contributed by atoms with E-state index in [0.29, 0.717) is 29.4 Å². The molecule has 2 rings (SSSR count). The zero-order valence-corrected chi connectivity index (χ0v) is 18.6. The summed E-state index contributed by atoms with van der Waals surface area (Å²) in [6.07, 6.45) is 0.611. The first-order valence-electron chi connectivity index (χ1n) is 9.71. The van der Waals surface area contributed by atoms with Crippen molar-refractivity contribution in [2.75, 3.05) is 42.1 Å². The van der Waals surface area contributed by atoms with Gasteiger partial charge in [0.25, 0.3) is 0 Å². The Morgan fingerprint density at radius 3 is 2.00 bits per heavy atom. The summed E-state index contributed by atoms with van der Waals surface area (Å²) in [6, 6.07) is 10.8. The highest BCUT2D eigenvalue weighted by Gasteiger charge is 2.20. The first-order valence-corrected chi connectivity index (χ1v) is 9.71. The number of ether oxygens (including phenoxy) is 5. The van der Waals surface area contributed by atoms with Crippen LogP contribution in [0, 0.1) is 0 Å². The fraction of sp³-hybridized carbons (Fsp3) is 0.391. The third kappa shape index (κ3) is 6.80. The van der Waals surface area contributed by atoms with Crippen LogP contribution in [0.2, 0.25) is 0 Å². The minimum absolute atomic E-state index is 0.163. The molecule has 2 aromatic rings. The van der Waals surface area contributed by atoms with Crippen molar-refractivity contribution in [2.24, 2.45) is 0 Å². The summed E-state index contributed by atoms with van der Waals surface area (Å²) in [7, 11) is 7.56. The Labute approximate surface area is 182 Å². The number of esters is 1. The molecule has 0 atom stereocenters. The van der Waals surface area contributed by atoms with Crippen LogP contribution in [0.4, 0.5) is 0 Å². The van der Waals surface area contributed by atoms with Crippen LogP contribution in [0.1, 0.15) is 17.5 Å². The fourth-order valence-electron chi connectivity index (χ4n) is 3.11. The van der Waals surface area contributed by atoms with Gasteiger partial charge in [-0.05, 0) is 47.9 Å². The Morgan fingerprint density at radius 1 is 0.806 bits per heavy atom. The SMILES string of the molecule is COC(=O)CN(Cc1cc(OC)cc(OC)c1)C(=O)CCc1cc(OC)ccc1OC. The van der Waals surface area contributed by atoms with Crippen LogP contribution in [0.25, 0.3) is 0 Å². The zero-order valence-electron chi connectivity index (χ0n) is 18.6. The van der Waals surface area contributed by atoms with Gasteiger partial charge in [0.15, 0.2) is 0 Å². The third-order valence-corrected chi connectivity index (χ3v) is 4.78. The van der Waals surface area contributed by atoms with Gasteiger partial charge in [0.2, 0.25) is 5.91 Å². The van der Waals surface area contributed by atoms with E-state index in [1.54, 1.807) is 58.8 Å². The quantitative estimate of drug-likeness (QED) is 0.506. The molecule has 0 fully saturated rings. The van der Waals surface area contributed by atoms with Crippen molar-refractivity contribution in [1.82, 2.24) is 4.90 Å². The normalized spacial score (nSPS) is 10.2. The predicted molar refractivity (Wildman–Crippen MR) is 115 cm³/mol. The minimum Gasteiger partial charge on any atom is -0.497 e. The molecular formula is C23H29NO7. The Kier molecular flexibility index (Phi) is 8.99. The molecule has 2 aromatic carbocycles. The largest absolute Gasteiger partial charge is 0.497 e. The molecule has 168 valence electrons. The second-order valence-electron chi connectivity index (χ2n) is 6.72. The number of aryl methyl sites for hydroxylation is 1. The van der Waals surface area contributed by atoms with Crippen molar-refractivity contribution in [3.63, 3.8) is 0 Å². The summed E-state index contributed by atoms with van der Waals surface area (Å²) in [5, 5.41) is 0. The highest BCUT2D eigenvalue weighted by molar-refractivity contribution is 5.82. The van der Waals surface area contributed by atoms with E-state index in [9.17, 15) is 9.59 Å². The Hall–Kier alpha value is -3.42. The number of rotatable bonds is 11. The molecule has 0 bridgehead atoms. The second kappa shape index (κ2) is 11.7. The van der Waals surface area contributed by atoms with Gasteiger partial charge < -0.3 is 28.6 Å². The van der Waals surface area contributed by atoms with Crippen molar-refractivity contribution in [3.05, 3.63) is 47.5 Å². The van der Waals surface area contributed by atoms with Gasteiger partial charge >= 0.3 is 5.97 Å². The van der Waals surface area contributed by atoms with Gasteiger partial charge in [-0.3, -0.25) is 9.59 Å². The van der Waals surface area contributed by atoms with E-state index in [0.717, 1.165) is 11.1 Å². The number of hydrogen-bond donors (Lipinski definition) is 0. The molecule has 1 amide bonds. The van der Waals surface area contributed by atoms with E-state index in [1.165, 1.54) is 12.0 Å². The summed E-state index contributed by atoms with van der Waals surface area (Å²) in [5.41, 5.74) is 1.61. The highest BCUT2D eigenvalue weighted by Crippen LogP contribution is 2.26. The number of methoxy groups -OCH3 is 5. The van der Waals surface area contributed by atoms with E-state index in [2.05, 4.69) is 0 Å². The van der Waals surface area contributed by atoms with Crippen molar-refractivity contribution in [1.29, 1.82) is 0 Å². The van der Waals surface area contributed by atoms with E-state index >= 15 is 0 Å². The predicted octanol–water partition coefficient (Wildman–Crippen LogP) is 2.86. The maximum absolute atomic E-state index is 13.0. The van der Waals surface area contributed by atoms with Crippen LogP contribution in [0.15, 0.2) is 36.4 Å². The van der Waals surface area contributed by atoms with E-state index in [4.69, 9.17) is 23.7 Å². The number of carbonyl (C=O) groups excluding carboxylic acids is 2. The van der Waals surface area contributed by atoms with Gasteiger partial charge in [-0.15, -0.1) is 0 Å². The molecule has 8 heteroatoms. The summed E-state index contributed by atoms with van der Waals surface area (Å²) >= 11 is 0. The molecule has 8 nitrogen and oxygen atoms in total. The van der Waals surface area contributed by atoms with Crippen LogP contribution in [0.5, 0.6) is 23.0 Å². The van der Waals surface area contributed by atoms with Gasteiger partial charge in [0.05, 0.1) is 35.5 Å². The molecule has 0 aromatic heterocycles. The number of benzene rings is 2. The molecule has 31 heavy (non-hydrogen) atoms. The van der Waals surface area contributed by atoms with Crippen molar-refractivity contribution < 1.29 is 33.3 Å². The fourth-order valence-corrected chi connectivity index (χ4v) is 3.11. The Balaban J connectivity index is 2.20. The average molecular weight is 431 g/mol. The summed E-state index contributed by atoms with van der Waals surface area (Å²) in [5.74, 6) is 1.85. The van der Waals surface area contributed by atoms with Gasteiger partial charge in [-0.1, -0.05) is 0 Å². The molecular weight excluding hydrogens is 402 g/mol. The standard InChI is InChI=1S/C23H29NO7/c1-27-18-7-8-21(30-4)17(12-18)6-9-22(25)24(15-23(26)31-5)14-16-10-19(28-2)13-20(11-16)29-3/h7-8,10-13H,6,9,14-15H2,1-5H3. The van der Waals surface area contributed by atoms with Crippen LogP contribution in [0.3, 0.4) is 0 Å². The van der Waals surface area contributed by atoms with Gasteiger partial charge in [-0.2, -0.15) is 0 Å². The Bertz CT molecular complexity index is 875. The molecule has 0 aliphatic rings. The molecule has 0 saturated carbocycles. The van der Waals surface area contributed by atoms with Crippen molar-refractivity contribution >= 4 is 11.9 Å². The van der Waals surface area contributed by atoms with Gasteiger partial charge in [0.1, 0.15) is 29.5 Å². The summed E-state index contributed by atoms with van der Waals surface area (Å²) in [6.45, 7) is 0.0425. The smallest absolute Gasteiger partial charge is 0.325 e. The topological polar surface area (TPSA) is 83.5 Å². The lowest BCUT2D eigenvalue weighted by molar-refractivity contribution is -0.147. The van der Waals surface area contributed by atoms with Crippen LogP contribution >= 0.6 is 0 Å². The molecule has 0 aliphatic carbocycles. The molecule has 0 unspecified atom stereocenters. The molecule has 0 N–H and O–H groups in total. The zero-order chi connectivity index (χ0) is 22.8. The van der Waals surface area contributed by atoms with E-state index < -0.39 is 5.97 Å².